The van der Waals surface area contributed by atoms with Gasteiger partial charge in [-0.3, -0.25) is 0 Å². The molecule has 1 unspecified atom stereocenters. The number of hydrogen-bond acceptors (Lipinski definition) is 3. The third kappa shape index (κ3) is 1.68. The zero-order valence-electron chi connectivity index (χ0n) is 7.16. The minimum absolute atomic E-state index is 0.134. The summed E-state index contributed by atoms with van der Waals surface area (Å²) in [4.78, 5) is 10.8. The van der Waals surface area contributed by atoms with Crippen molar-refractivity contribution in [3.05, 3.63) is 28.2 Å². The summed E-state index contributed by atoms with van der Waals surface area (Å²) >= 11 is 3.29. The predicted molar refractivity (Wildman–Crippen MR) is 53.0 cm³/mol. The fourth-order valence-electron chi connectivity index (χ4n) is 1.35. The maximum Gasteiger partial charge on any atom is 0.407 e. The Labute approximate surface area is 89.0 Å². The molecule has 14 heavy (non-hydrogen) atoms. The molecule has 1 aliphatic rings. The van der Waals surface area contributed by atoms with Gasteiger partial charge in [-0.1, -0.05) is 15.9 Å². The van der Waals surface area contributed by atoms with Gasteiger partial charge in [-0.15, -0.1) is 0 Å². The molecular weight excluding hydrogens is 250 g/mol. The van der Waals surface area contributed by atoms with E-state index in [1.165, 1.54) is 0 Å². The second-order valence-electron chi connectivity index (χ2n) is 2.98. The van der Waals surface area contributed by atoms with E-state index in [-0.39, 0.29) is 5.75 Å². The number of alkyl carbamates (subject to hydrolysis) is 1. The van der Waals surface area contributed by atoms with E-state index < -0.39 is 12.2 Å². The molecule has 1 saturated heterocycles. The number of halogens is 1. The Morgan fingerprint density at radius 3 is 3.00 bits per heavy atom. The van der Waals surface area contributed by atoms with Crippen molar-refractivity contribution in [2.45, 2.75) is 6.10 Å². The number of hydrogen-bond donors (Lipinski definition) is 2. The van der Waals surface area contributed by atoms with Crippen LogP contribution in [0, 0.1) is 0 Å². The van der Waals surface area contributed by atoms with Crippen LogP contribution >= 0.6 is 15.9 Å². The highest BCUT2D eigenvalue weighted by atomic mass is 79.9. The molecule has 2 rings (SSSR count). The molecule has 1 aromatic carbocycles. The molecule has 1 aliphatic heterocycles. The lowest BCUT2D eigenvalue weighted by Gasteiger charge is -2.10. The van der Waals surface area contributed by atoms with Gasteiger partial charge in [0.1, 0.15) is 11.9 Å². The first kappa shape index (κ1) is 9.33. The summed E-state index contributed by atoms with van der Waals surface area (Å²) in [5.74, 6) is 0.134. The van der Waals surface area contributed by atoms with Crippen LogP contribution in [0.15, 0.2) is 22.7 Å². The summed E-state index contributed by atoms with van der Waals surface area (Å²) in [5.41, 5.74) is 0.609. The molecule has 0 bridgehead atoms. The summed E-state index contributed by atoms with van der Waals surface area (Å²) in [6.45, 7) is 0.392. The van der Waals surface area contributed by atoms with Gasteiger partial charge in [0.2, 0.25) is 0 Å². The van der Waals surface area contributed by atoms with Gasteiger partial charge in [-0.05, 0) is 18.2 Å². The number of cyclic esters (lactones) is 1. The molecule has 5 heteroatoms. The average molecular weight is 258 g/mol. The normalized spacial score (nSPS) is 20.4. The second-order valence-corrected chi connectivity index (χ2v) is 3.89. The van der Waals surface area contributed by atoms with E-state index in [9.17, 15) is 9.90 Å². The minimum atomic E-state index is -0.450. The summed E-state index contributed by atoms with van der Waals surface area (Å²) in [7, 11) is 0. The zero-order chi connectivity index (χ0) is 10.1. The molecule has 0 saturated carbocycles. The smallest absolute Gasteiger partial charge is 0.407 e. The SMILES string of the molecule is O=C1NCC(c2cc(Br)ccc2O)O1. The highest BCUT2D eigenvalue weighted by molar-refractivity contribution is 9.10. The number of ether oxygens (including phenoxy) is 1. The van der Waals surface area contributed by atoms with Crippen molar-refractivity contribution in [1.82, 2.24) is 5.32 Å². The quantitative estimate of drug-likeness (QED) is 0.809. The molecule has 4 nitrogen and oxygen atoms in total. The molecular formula is C9H8BrNO3. The van der Waals surface area contributed by atoms with E-state index in [2.05, 4.69) is 21.2 Å². The van der Waals surface area contributed by atoms with Crippen molar-refractivity contribution >= 4 is 22.0 Å². The fourth-order valence-corrected chi connectivity index (χ4v) is 1.72. The van der Waals surface area contributed by atoms with E-state index in [1.807, 2.05) is 0 Å². The Morgan fingerprint density at radius 1 is 1.57 bits per heavy atom. The first-order valence-electron chi connectivity index (χ1n) is 4.10. The Morgan fingerprint density at radius 2 is 2.36 bits per heavy atom. The molecule has 0 radical (unpaired) electrons. The highest BCUT2D eigenvalue weighted by Crippen LogP contribution is 2.31. The molecule has 0 aromatic heterocycles. The maximum atomic E-state index is 10.8. The third-order valence-corrected chi connectivity index (χ3v) is 2.51. The molecule has 1 atom stereocenters. The van der Waals surface area contributed by atoms with Gasteiger partial charge in [-0.2, -0.15) is 0 Å². The van der Waals surface area contributed by atoms with Crippen molar-refractivity contribution in [2.24, 2.45) is 0 Å². The number of carbonyl (C=O) groups excluding carboxylic acids is 1. The lowest BCUT2D eigenvalue weighted by atomic mass is 10.1. The van der Waals surface area contributed by atoms with Crippen LogP contribution in [0.4, 0.5) is 4.79 Å². The molecule has 0 aliphatic carbocycles. The standard InChI is InChI=1S/C9H8BrNO3/c10-5-1-2-7(12)6(3-5)8-4-11-9(13)14-8/h1-3,8,12H,4H2,(H,11,13). The van der Waals surface area contributed by atoms with Gasteiger partial charge in [0.05, 0.1) is 6.54 Å². The van der Waals surface area contributed by atoms with Crippen molar-refractivity contribution in [3.8, 4) is 5.75 Å². The van der Waals surface area contributed by atoms with Crippen LogP contribution in [-0.2, 0) is 4.74 Å². The van der Waals surface area contributed by atoms with Crippen molar-refractivity contribution in [2.75, 3.05) is 6.54 Å². The topological polar surface area (TPSA) is 58.6 Å². The van der Waals surface area contributed by atoms with E-state index in [4.69, 9.17) is 4.74 Å². The fraction of sp³-hybridized carbons (Fsp3) is 0.222. The molecule has 2 N–H and O–H groups in total. The molecule has 1 amide bonds. The van der Waals surface area contributed by atoms with Crippen LogP contribution in [0.1, 0.15) is 11.7 Å². The van der Waals surface area contributed by atoms with Gasteiger partial charge in [-0.25, -0.2) is 4.79 Å². The van der Waals surface area contributed by atoms with E-state index in [0.717, 1.165) is 4.47 Å². The first-order valence-corrected chi connectivity index (χ1v) is 4.89. The van der Waals surface area contributed by atoms with Crippen molar-refractivity contribution in [3.63, 3.8) is 0 Å². The Balaban J connectivity index is 2.31. The van der Waals surface area contributed by atoms with Crippen LogP contribution in [-0.4, -0.2) is 17.7 Å². The Kier molecular flexibility index (Phi) is 2.33. The zero-order valence-corrected chi connectivity index (χ0v) is 8.74. The van der Waals surface area contributed by atoms with Crippen molar-refractivity contribution < 1.29 is 14.6 Å². The van der Waals surface area contributed by atoms with Gasteiger partial charge in [0.15, 0.2) is 0 Å². The summed E-state index contributed by atoms with van der Waals surface area (Å²) in [6, 6.07) is 5.02. The monoisotopic (exact) mass is 257 g/mol. The third-order valence-electron chi connectivity index (χ3n) is 2.02. The summed E-state index contributed by atoms with van der Waals surface area (Å²) in [6.07, 6.45) is -0.852. The predicted octanol–water partition coefficient (Wildman–Crippen LogP) is 1.94. The van der Waals surface area contributed by atoms with Crippen LogP contribution in [0.5, 0.6) is 5.75 Å². The van der Waals surface area contributed by atoms with Gasteiger partial charge in [0.25, 0.3) is 0 Å². The second kappa shape index (κ2) is 3.49. The maximum absolute atomic E-state index is 10.8. The number of benzene rings is 1. The average Bonchev–Trinajstić information content (AvgIpc) is 2.56. The number of phenolic OH excluding ortho intramolecular Hbond substituents is 1. The number of nitrogens with one attached hydrogen (secondary N) is 1. The van der Waals surface area contributed by atoms with Gasteiger partial charge < -0.3 is 15.2 Å². The molecule has 0 spiro atoms. The number of carbonyl (C=O) groups is 1. The molecule has 1 aromatic rings. The lowest BCUT2D eigenvalue weighted by Crippen LogP contribution is -2.12. The lowest BCUT2D eigenvalue weighted by molar-refractivity contribution is 0.139. The number of rotatable bonds is 1. The number of aromatic hydroxyl groups is 1. The summed E-state index contributed by atoms with van der Waals surface area (Å²) in [5, 5.41) is 12.1. The highest BCUT2D eigenvalue weighted by Gasteiger charge is 2.26. The largest absolute Gasteiger partial charge is 0.508 e. The Hall–Kier alpha value is -1.23. The first-order chi connectivity index (χ1) is 6.66. The van der Waals surface area contributed by atoms with Crippen LogP contribution < -0.4 is 5.32 Å². The van der Waals surface area contributed by atoms with Crippen LogP contribution in [0.3, 0.4) is 0 Å². The molecule has 1 fully saturated rings. The van der Waals surface area contributed by atoms with Crippen LogP contribution in [0.25, 0.3) is 0 Å². The van der Waals surface area contributed by atoms with Gasteiger partial charge in [0, 0.05) is 10.0 Å². The van der Waals surface area contributed by atoms with Crippen molar-refractivity contribution in [1.29, 1.82) is 0 Å². The number of amides is 1. The Bertz CT molecular complexity index is 380. The van der Waals surface area contributed by atoms with E-state index >= 15 is 0 Å². The van der Waals surface area contributed by atoms with E-state index in [1.54, 1.807) is 18.2 Å². The number of phenols is 1. The van der Waals surface area contributed by atoms with Crippen LogP contribution in [0.2, 0.25) is 0 Å². The van der Waals surface area contributed by atoms with Gasteiger partial charge >= 0.3 is 6.09 Å². The molecule has 74 valence electrons. The van der Waals surface area contributed by atoms with E-state index in [0.29, 0.717) is 12.1 Å². The summed E-state index contributed by atoms with van der Waals surface area (Å²) < 4.78 is 5.79. The minimum Gasteiger partial charge on any atom is -0.508 e. The molecule has 1 heterocycles.